The molecule has 0 amide bonds. The number of nitrogens with zero attached hydrogens (tertiary/aromatic N) is 1. The van der Waals surface area contributed by atoms with Crippen molar-refractivity contribution in [3.05, 3.63) is 282 Å². The number of benzene rings is 11. The lowest BCUT2D eigenvalue weighted by atomic mass is 9.70. The molecule has 1 spiro atoms. The van der Waals surface area contributed by atoms with Gasteiger partial charge in [0.2, 0.25) is 0 Å². The largest absolute Gasteiger partial charge is 0.310 e. The average molecular weight is 878 g/mol. The molecule has 3 aliphatic carbocycles. The minimum absolute atomic E-state index is 0.106. The van der Waals surface area contributed by atoms with E-state index >= 15 is 0 Å². The maximum Gasteiger partial charge on any atom is 0.0725 e. The van der Waals surface area contributed by atoms with E-state index in [1.807, 2.05) is 0 Å². The second kappa shape index (κ2) is 15.0. The molecule has 11 aromatic carbocycles. The second-order valence-corrected chi connectivity index (χ2v) is 19.5. The summed E-state index contributed by atoms with van der Waals surface area (Å²) >= 11 is 0. The molecule has 0 atom stereocenters. The van der Waals surface area contributed by atoms with E-state index in [0.29, 0.717) is 0 Å². The molecule has 0 heterocycles. The van der Waals surface area contributed by atoms with Gasteiger partial charge in [0.25, 0.3) is 0 Å². The fourth-order valence-corrected chi connectivity index (χ4v) is 12.7. The molecule has 0 unspecified atom stereocenters. The third-order valence-electron chi connectivity index (χ3n) is 15.7. The Balaban J connectivity index is 0.928. The Morgan fingerprint density at radius 3 is 1.54 bits per heavy atom. The predicted octanol–water partition coefficient (Wildman–Crippen LogP) is 18.0. The molecule has 3 aliphatic rings. The fraction of sp³-hybridized carbons (Fsp3) is 0.0588. The number of hydrogen-bond acceptors (Lipinski definition) is 1. The van der Waals surface area contributed by atoms with Gasteiger partial charge < -0.3 is 4.90 Å². The summed E-state index contributed by atoms with van der Waals surface area (Å²) in [4.78, 5) is 2.47. The SMILES string of the molecule is CC1(C)c2ccccc2-c2c(-c3ccccc3N(c3ccc(-c4ccc5c(c4)-c4ccccc4C54c5ccccc5-c5ccccc54)cc3)c3cccc(-c4cccc5ccccc45)c3)cccc21. The van der Waals surface area contributed by atoms with Crippen molar-refractivity contribution in [2.45, 2.75) is 24.7 Å². The molecule has 324 valence electrons. The lowest BCUT2D eigenvalue weighted by Crippen LogP contribution is -2.25. The van der Waals surface area contributed by atoms with Crippen LogP contribution in [-0.2, 0) is 10.8 Å². The van der Waals surface area contributed by atoms with E-state index < -0.39 is 0 Å². The third-order valence-corrected chi connectivity index (χ3v) is 15.7. The van der Waals surface area contributed by atoms with Crippen LogP contribution >= 0.6 is 0 Å². The van der Waals surface area contributed by atoms with E-state index in [-0.39, 0.29) is 10.8 Å². The summed E-state index contributed by atoms with van der Waals surface area (Å²) < 4.78 is 0. The minimum Gasteiger partial charge on any atom is -0.310 e. The predicted molar refractivity (Wildman–Crippen MR) is 289 cm³/mol. The Labute approximate surface area is 404 Å². The zero-order valence-corrected chi connectivity index (χ0v) is 38.6. The van der Waals surface area contributed by atoms with Crippen molar-refractivity contribution in [3.63, 3.8) is 0 Å². The van der Waals surface area contributed by atoms with Gasteiger partial charge in [-0.2, -0.15) is 0 Å². The van der Waals surface area contributed by atoms with Gasteiger partial charge in [0.05, 0.1) is 11.1 Å². The van der Waals surface area contributed by atoms with E-state index in [4.69, 9.17) is 0 Å². The second-order valence-electron chi connectivity index (χ2n) is 19.5. The van der Waals surface area contributed by atoms with Gasteiger partial charge in [0, 0.05) is 22.4 Å². The lowest BCUT2D eigenvalue weighted by molar-refractivity contribution is 0.660. The molecule has 0 radical (unpaired) electrons. The summed E-state index contributed by atoms with van der Waals surface area (Å²) in [5.41, 5.74) is 26.2. The molecule has 1 heteroatoms. The van der Waals surface area contributed by atoms with Gasteiger partial charge in [-0.25, -0.2) is 0 Å². The third kappa shape index (κ3) is 5.65. The highest BCUT2D eigenvalue weighted by atomic mass is 15.1. The van der Waals surface area contributed by atoms with Gasteiger partial charge in [0.15, 0.2) is 0 Å². The summed E-state index contributed by atoms with van der Waals surface area (Å²) in [6.45, 7) is 4.73. The Morgan fingerprint density at radius 1 is 0.290 bits per heavy atom. The van der Waals surface area contributed by atoms with Crippen LogP contribution in [0.1, 0.15) is 47.2 Å². The van der Waals surface area contributed by atoms with Gasteiger partial charge in [-0.05, 0) is 142 Å². The molecule has 1 nitrogen and oxygen atoms in total. The summed E-state index contributed by atoms with van der Waals surface area (Å²) in [6.07, 6.45) is 0. The van der Waals surface area contributed by atoms with E-state index in [1.165, 1.54) is 111 Å². The molecular formula is C68H47N. The summed E-state index contributed by atoms with van der Waals surface area (Å²) in [5, 5.41) is 2.49. The molecule has 0 N–H and O–H groups in total. The number of rotatable bonds is 6. The van der Waals surface area contributed by atoms with E-state index in [9.17, 15) is 0 Å². The van der Waals surface area contributed by atoms with Crippen LogP contribution in [0.4, 0.5) is 17.1 Å². The van der Waals surface area contributed by atoms with Crippen molar-refractivity contribution >= 4 is 27.8 Å². The van der Waals surface area contributed by atoms with Gasteiger partial charge in [0.1, 0.15) is 0 Å². The van der Waals surface area contributed by atoms with Crippen LogP contribution in [0.2, 0.25) is 0 Å². The first kappa shape index (κ1) is 39.6. The highest BCUT2D eigenvalue weighted by Crippen LogP contribution is 2.63. The first-order chi connectivity index (χ1) is 34.0. The van der Waals surface area contributed by atoms with Crippen LogP contribution in [0.5, 0.6) is 0 Å². The van der Waals surface area contributed by atoms with Gasteiger partial charge in [-0.3, -0.25) is 0 Å². The summed E-state index contributed by atoms with van der Waals surface area (Å²) in [6, 6.07) is 92.9. The Kier molecular flexibility index (Phi) is 8.61. The lowest BCUT2D eigenvalue weighted by Gasteiger charge is -2.30. The number of para-hydroxylation sites is 1. The molecule has 14 rings (SSSR count). The first-order valence-electron chi connectivity index (χ1n) is 24.3. The Bertz CT molecular complexity index is 3840. The average Bonchev–Trinajstić information content (AvgIpc) is 3.97. The number of anilines is 3. The van der Waals surface area contributed by atoms with Gasteiger partial charge >= 0.3 is 0 Å². The van der Waals surface area contributed by atoms with Crippen molar-refractivity contribution in [1.29, 1.82) is 0 Å². The van der Waals surface area contributed by atoms with Gasteiger partial charge in [-0.15, -0.1) is 0 Å². The summed E-state index contributed by atoms with van der Waals surface area (Å²) in [7, 11) is 0. The standard InChI is InChI=1S/C68H47N/c1-67(2)59-30-10-8-27-57(59)66-56(29-17-34-64(66)67)55-26-9-14-35-65(55)69(49-21-15-20-47(42-49)51-28-16-19-45-18-3-4-22-50(45)51)48-39-36-44(37-40-48)46-38-41-63-58(43-46)54-25-7-13-33-62(54)68(63)60-31-11-5-23-52(60)53-24-6-12-32-61(53)68/h3-43H,1-2H3. The Hall–Kier alpha value is -8.52. The highest BCUT2D eigenvalue weighted by molar-refractivity contribution is 6.01. The van der Waals surface area contributed by atoms with Crippen molar-refractivity contribution in [1.82, 2.24) is 0 Å². The van der Waals surface area contributed by atoms with Crippen LogP contribution in [0.15, 0.2) is 249 Å². The topological polar surface area (TPSA) is 3.24 Å². The quantitative estimate of drug-likeness (QED) is 0.161. The van der Waals surface area contributed by atoms with Crippen molar-refractivity contribution < 1.29 is 0 Å². The first-order valence-corrected chi connectivity index (χ1v) is 24.3. The van der Waals surface area contributed by atoms with Crippen molar-refractivity contribution in [3.8, 4) is 66.8 Å². The Morgan fingerprint density at radius 2 is 0.797 bits per heavy atom. The van der Waals surface area contributed by atoms with E-state index in [1.54, 1.807) is 0 Å². The molecule has 69 heavy (non-hydrogen) atoms. The van der Waals surface area contributed by atoms with Crippen LogP contribution < -0.4 is 4.90 Å². The van der Waals surface area contributed by atoms with Crippen LogP contribution in [-0.4, -0.2) is 0 Å². The van der Waals surface area contributed by atoms with Crippen molar-refractivity contribution in [2.24, 2.45) is 0 Å². The normalized spacial score (nSPS) is 13.9. The molecule has 0 aliphatic heterocycles. The van der Waals surface area contributed by atoms with E-state index in [2.05, 4.69) is 267 Å². The van der Waals surface area contributed by atoms with Crippen molar-refractivity contribution in [2.75, 3.05) is 4.90 Å². The van der Waals surface area contributed by atoms with Gasteiger partial charge in [-0.1, -0.05) is 226 Å². The van der Waals surface area contributed by atoms with Crippen LogP contribution in [0.3, 0.4) is 0 Å². The number of fused-ring (bicyclic) bond motifs is 14. The molecule has 0 saturated heterocycles. The molecule has 0 bridgehead atoms. The maximum absolute atomic E-state index is 2.47. The monoisotopic (exact) mass is 877 g/mol. The zero-order valence-electron chi connectivity index (χ0n) is 38.6. The molecule has 0 saturated carbocycles. The molecule has 11 aromatic rings. The number of hydrogen-bond donors (Lipinski definition) is 0. The maximum atomic E-state index is 2.47. The molecular weight excluding hydrogens is 831 g/mol. The minimum atomic E-state index is -0.354. The smallest absolute Gasteiger partial charge is 0.0725 e. The zero-order chi connectivity index (χ0) is 45.8. The summed E-state index contributed by atoms with van der Waals surface area (Å²) in [5.74, 6) is 0. The molecule has 0 aromatic heterocycles. The van der Waals surface area contributed by atoms with Crippen LogP contribution in [0.25, 0.3) is 77.5 Å². The van der Waals surface area contributed by atoms with E-state index in [0.717, 1.165) is 17.1 Å². The van der Waals surface area contributed by atoms with Crippen LogP contribution in [0, 0.1) is 0 Å². The fourth-order valence-electron chi connectivity index (χ4n) is 12.7. The molecule has 0 fully saturated rings. The highest BCUT2D eigenvalue weighted by Gasteiger charge is 2.51.